The Morgan fingerprint density at radius 2 is 2.14 bits per heavy atom. The number of anilines is 1. The van der Waals surface area contributed by atoms with Crippen LogP contribution in [0.4, 0.5) is 10.8 Å². The minimum Gasteiger partial charge on any atom is -0.444 e. The van der Waals surface area contributed by atoms with Gasteiger partial charge in [0, 0.05) is 17.6 Å². The minimum atomic E-state index is -0.495. The fourth-order valence-electron chi connectivity index (χ4n) is 1.62. The Kier molecular flexibility index (Phi) is 4.72. The molecule has 0 fully saturated rings. The van der Waals surface area contributed by atoms with Crippen LogP contribution in [0.3, 0.4) is 0 Å². The number of rotatable bonds is 4. The lowest BCUT2D eigenvalue weighted by Crippen LogP contribution is -2.35. The number of nitrogens with one attached hydrogen (secondary N) is 2. The third-order valence-corrected chi connectivity index (χ3v) is 2.91. The summed E-state index contributed by atoms with van der Waals surface area (Å²) in [6.07, 6.45) is -0.439. The first-order valence-corrected chi connectivity index (χ1v) is 7.39. The van der Waals surface area contributed by atoms with Crippen molar-refractivity contribution in [1.82, 2.24) is 10.3 Å². The first-order chi connectivity index (χ1) is 9.83. The van der Waals surface area contributed by atoms with Gasteiger partial charge in [-0.3, -0.25) is 0 Å². The van der Waals surface area contributed by atoms with E-state index in [4.69, 9.17) is 9.15 Å². The van der Waals surface area contributed by atoms with Crippen molar-refractivity contribution in [3.8, 4) is 0 Å². The Hall–Kier alpha value is -1.76. The Morgan fingerprint density at radius 1 is 1.38 bits per heavy atom. The number of carbonyl (C=O) groups excluding carboxylic acids is 1. The van der Waals surface area contributed by atoms with Crippen molar-refractivity contribution < 1.29 is 13.9 Å². The van der Waals surface area contributed by atoms with Crippen LogP contribution in [0.25, 0.3) is 11.1 Å². The van der Waals surface area contributed by atoms with Gasteiger partial charge in [-0.25, -0.2) is 4.79 Å². The molecule has 0 aliphatic heterocycles. The van der Waals surface area contributed by atoms with Crippen LogP contribution in [0.5, 0.6) is 0 Å². The third kappa shape index (κ3) is 4.93. The number of fused-ring (bicyclic) bond motifs is 1. The predicted octanol–water partition coefficient (Wildman–Crippen LogP) is 3.53. The van der Waals surface area contributed by atoms with Crippen LogP contribution in [-0.2, 0) is 4.74 Å². The van der Waals surface area contributed by atoms with Crippen LogP contribution in [0, 0.1) is 0 Å². The van der Waals surface area contributed by atoms with Crippen LogP contribution >= 0.6 is 15.9 Å². The lowest BCUT2D eigenvalue weighted by molar-refractivity contribution is 0.0530. The molecule has 1 heterocycles. The molecule has 1 amide bonds. The van der Waals surface area contributed by atoms with Gasteiger partial charge in [-0.05, 0) is 39.0 Å². The van der Waals surface area contributed by atoms with Crippen LogP contribution in [0.2, 0.25) is 0 Å². The van der Waals surface area contributed by atoms with Crippen molar-refractivity contribution in [3.05, 3.63) is 22.7 Å². The quantitative estimate of drug-likeness (QED) is 0.820. The normalized spacial score (nSPS) is 11.4. The van der Waals surface area contributed by atoms with E-state index in [1.165, 1.54) is 0 Å². The molecule has 0 atom stereocenters. The molecule has 1 aromatic carbocycles. The number of alkyl carbamates (subject to hydrolysis) is 1. The molecule has 1 aromatic heterocycles. The average Bonchev–Trinajstić information content (AvgIpc) is 2.74. The Bertz CT molecular complexity index is 634. The van der Waals surface area contributed by atoms with Crippen molar-refractivity contribution in [1.29, 1.82) is 0 Å². The predicted molar refractivity (Wildman–Crippen MR) is 84.4 cm³/mol. The van der Waals surface area contributed by atoms with E-state index in [2.05, 4.69) is 31.5 Å². The summed E-state index contributed by atoms with van der Waals surface area (Å²) in [4.78, 5) is 15.7. The van der Waals surface area contributed by atoms with Gasteiger partial charge >= 0.3 is 6.09 Å². The Balaban J connectivity index is 1.79. The molecule has 2 rings (SSSR count). The van der Waals surface area contributed by atoms with Gasteiger partial charge in [0.2, 0.25) is 0 Å². The lowest BCUT2D eigenvalue weighted by Gasteiger charge is -2.19. The highest BCUT2D eigenvalue weighted by atomic mass is 79.9. The summed E-state index contributed by atoms with van der Waals surface area (Å²) in [7, 11) is 0. The molecule has 0 radical (unpaired) electrons. The first-order valence-electron chi connectivity index (χ1n) is 6.60. The van der Waals surface area contributed by atoms with Gasteiger partial charge in [-0.2, -0.15) is 4.98 Å². The zero-order chi connectivity index (χ0) is 15.5. The number of hydrogen-bond acceptors (Lipinski definition) is 5. The average molecular weight is 356 g/mol. The second kappa shape index (κ2) is 6.34. The van der Waals surface area contributed by atoms with E-state index in [0.717, 1.165) is 9.99 Å². The fraction of sp³-hybridized carbons (Fsp3) is 0.429. The summed E-state index contributed by atoms with van der Waals surface area (Å²) in [5, 5.41) is 5.66. The monoisotopic (exact) mass is 355 g/mol. The summed E-state index contributed by atoms with van der Waals surface area (Å²) in [5.74, 6) is 0. The van der Waals surface area contributed by atoms with Gasteiger partial charge in [0.1, 0.15) is 11.1 Å². The number of halogens is 1. The molecule has 0 aliphatic rings. The number of aromatic nitrogens is 1. The molecular weight excluding hydrogens is 338 g/mol. The molecule has 2 aromatic rings. The van der Waals surface area contributed by atoms with Gasteiger partial charge in [-0.15, -0.1) is 0 Å². The number of oxazole rings is 1. The van der Waals surface area contributed by atoms with Crippen molar-refractivity contribution in [3.63, 3.8) is 0 Å². The Labute approximate surface area is 131 Å². The van der Waals surface area contributed by atoms with E-state index in [1.807, 2.05) is 39.0 Å². The maximum atomic E-state index is 11.4. The second-order valence-electron chi connectivity index (χ2n) is 5.49. The lowest BCUT2D eigenvalue weighted by atomic mass is 10.2. The number of benzene rings is 1. The van der Waals surface area contributed by atoms with E-state index < -0.39 is 11.7 Å². The van der Waals surface area contributed by atoms with E-state index in [0.29, 0.717) is 24.7 Å². The van der Waals surface area contributed by atoms with E-state index >= 15 is 0 Å². The highest BCUT2D eigenvalue weighted by Crippen LogP contribution is 2.22. The largest absolute Gasteiger partial charge is 0.444 e. The number of hydrogen-bond donors (Lipinski definition) is 2. The summed E-state index contributed by atoms with van der Waals surface area (Å²) in [6.45, 7) is 6.37. The molecular formula is C14H18BrN3O3. The first kappa shape index (κ1) is 15.6. The maximum absolute atomic E-state index is 11.4. The van der Waals surface area contributed by atoms with Gasteiger partial charge in [0.15, 0.2) is 5.58 Å². The smallest absolute Gasteiger partial charge is 0.407 e. The van der Waals surface area contributed by atoms with Gasteiger partial charge < -0.3 is 19.8 Å². The zero-order valence-electron chi connectivity index (χ0n) is 12.2. The zero-order valence-corrected chi connectivity index (χ0v) is 13.8. The van der Waals surface area contributed by atoms with Gasteiger partial charge in [0.25, 0.3) is 6.01 Å². The summed E-state index contributed by atoms with van der Waals surface area (Å²) >= 11 is 3.38. The van der Waals surface area contributed by atoms with Crippen molar-refractivity contribution in [2.24, 2.45) is 0 Å². The molecule has 2 N–H and O–H groups in total. The number of carbonyl (C=O) groups is 1. The number of ether oxygens (including phenoxy) is 1. The topological polar surface area (TPSA) is 76.4 Å². The molecule has 0 bridgehead atoms. The SMILES string of the molecule is CC(C)(C)OC(=O)NCCNc1nc2cc(Br)ccc2o1. The standard InChI is InChI=1S/C14H18BrN3O3/c1-14(2,3)21-13(19)17-7-6-16-12-18-10-8-9(15)4-5-11(10)20-12/h4-5,8H,6-7H2,1-3H3,(H,16,18)(H,17,19). The molecule has 6 nitrogen and oxygen atoms in total. The maximum Gasteiger partial charge on any atom is 0.407 e. The van der Waals surface area contributed by atoms with Crippen molar-refractivity contribution in [2.45, 2.75) is 26.4 Å². The fourth-order valence-corrected chi connectivity index (χ4v) is 1.97. The molecule has 0 aliphatic carbocycles. The summed E-state index contributed by atoms with van der Waals surface area (Å²) in [6, 6.07) is 6.04. The number of amides is 1. The van der Waals surface area contributed by atoms with Gasteiger partial charge in [-0.1, -0.05) is 15.9 Å². The summed E-state index contributed by atoms with van der Waals surface area (Å²) < 4.78 is 11.6. The van der Waals surface area contributed by atoms with Crippen LogP contribution < -0.4 is 10.6 Å². The van der Waals surface area contributed by atoms with Crippen molar-refractivity contribution in [2.75, 3.05) is 18.4 Å². The highest BCUT2D eigenvalue weighted by Gasteiger charge is 2.15. The van der Waals surface area contributed by atoms with Crippen LogP contribution in [0.15, 0.2) is 27.1 Å². The third-order valence-electron chi connectivity index (χ3n) is 2.42. The van der Waals surface area contributed by atoms with Crippen LogP contribution in [-0.4, -0.2) is 29.8 Å². The molecule has 21 heavy (non-hydrogen) atoms. The van der Waals surface area contributed by atoms with Gasteiger partial charge in [0.05, 0.1) is 0 Å². The minimum absolute atomic E-state index is 0.414. The molecule has 7 heteroatoms. The summed E-state index contributed by atoms with van der Waals surface area (Å²) in [5.41, 5.74) is 0.985. The number of nitrogens with zero attached hydrogens (tertiary/aromatic N) is 1. The van der Waals surface area contributed by atoms with E-state index in [9.17, 15) is 4.79 Å². The molecule has 0 unspecified atom stereocenters. The highest BCUT2D eigenvalue weighted by molar-refractivity contribution is 9.10. The van der Waals surface area contributed by atoms with E-state index in [1.54, 1.807) is 0 Å². The Morgan fingerprint density at radius 3 is 2.86 bits per heavy atom. The molecule has 0 saturated carbocycles. The molecule has 114 valence electrons. The molecule has 0 saturated heterocycles. The molecule has 0 spiro atoms. The van der Waals surface area contributed by atoms with Crippen molar-refractivity contribution >= 4 is 39.1 Å². The second-order valence-corrected chi connectivity index (χ2v) is 6.40. The van der Waals surface area contributed by atoms with E-state index in [-0.39, 0.29) is 0 Å². The van der Waals surface area contributed by atoms with Crippen LogP contribution in [0.1, 0.15) is 20.8 Å².